The van der Waals surface area contributed by atoms with Gasteiger partial charge in [-0.1, -0.05) is 62.8 Å². The highest BCUT2D eigenvalue weighted by Crippen LogP contribution is 2.28. The highest BCUT2D eigenvalue weighted by molar-refractivity contribution is 6.35. The Hall–Kier alpha value is -2.00. The van der Waals surface area contributed by atoms with Crippen LogP contribution in [-0.2, 0) is 0 Å². The van der Waals surface area contributed by atoms with E-state index in [1.54, 1.807) is 36.4 Å². The molecule has 0 aliphatic carbocycles. The SMILES string of the molecule is CCCCCCCCOc1ccc(C(=O)c2ccccc2Cl)c(O)c1. The van der Waals surface area contributed by atoms with Crippen molar-refractivity contribution < 1.29 is 14.6 Å². The minimum atomic E-state index is -0.300. The van der Waals surface area contributed by atoms with Crippen LogP contribution in [0.4, 0.5) is 0 Å². The molecule has 0 saturated carbocycles. The molecular weight excluding hydrogens is 336 g/mol. The quantitative estimate of drug-likeness (QED) is 0.416. The van der Waals surface area contributed by atoms with E-state index in [-0.39, 0.29) is 17.1 Å². The van der Waals surface area contributed by atoms with Gasteiger partial charge in [0.15, 0.2) is 5.78 Å². The summed E-state index contributed by atoms with van der Waals surface area (Å²) >= 11 is 6.06. The van der Waals surface area contributed by atoms with E-state index in [0.717, 1.165) is 12.8 Å². The molecule has 0 radical (unpaired) electrons. The van der Waals surface area contributed by atoms with Crippen LogP contribution in [-0.4, -0.2) is 17.5 Å². The van der Waals surface area contributed by atoms with Gasteiger partial charge in [-0.2, -0.15) is 0 Å². The van der Waals surface area contributed by atoms with Gasteiger partial charge in [-0.3, -0.25) is 4.79 Å². The minimum absolute atomic E-state index is 0.0923. The van der Waals surface area contributed by atoms with Crippen molar-refractivity contribution in [3.8, 4) is 11.5 Å². The third kappa shape index (κ3) is 5.79. The number of aromatic hydroxyl groups is 1. The maximum atomic E-state index is 12.5. The first-order valence-corrected chi connectivity index (χ1v) is 9.26. The van der Waals surface area contributed by atoms with Crippen LogP contribution in [0.25, 0.3) is 0 Å². The van der Waals surface area contributed by atoms with Crippen molar-refractivity contribution in [3.05, 3.63) is 58.6 Å². The van der Waals surface area contributed by atoms with E-state index in [1.165, 1.54) is 31.7 Å². The Labute approximate surface area is 154 Å². The first-order valence-electron chi connectivity index (χ1n) is 8.88. The summed E-state index contributed by atoms with van der Waals surface area (Å²) in [5.74, 6) is 0.178. The summed E-state index contributed by atoms with van der Waals surface area (Å²) in [6, 6.07) is 11.6. The number of carbonyl (C=O) groups is 1. The number of phenolic OH excluding ortho intramolecular Hbond substituents is 1. The van der Waals surface area contributed by atoms with Gasteiger partial charge in [-0.15, -0.1) is 0 Å². The van der Waals surface area contributed by atoms with E-state index in [1.807, 2.05) is 0 Å². The molecule has 0 fully saturated rings. The molecular formula is C21H25ClO3. The Balaban J connectivity index is 1.90. The van der Waals surface area contributed by atoms with Crippen LogP contribution < -0.4 is 4.74 Å². The molecule has 0 heterocycles. The molecule has 4 heteroatoms. The summed E-state index contributed by atoms with van der Waals surface area (Å²) in [4.78, 5) is 12.5. The van der Waals surface area contributed by atoms with Crippen molar-refractivity contribution in [3.63, 3.8) is 0 Å². The highest BCUT2D eigenvalue weighted by atomic mass is 35.5. The lowest BCUT2D eigenvalue weighted by molar-refractivity contribution is 0.103. The highest BCUT2D eigenvalue weighted by Gasteiger charge is 2.16. The van der Waals surface area contributed by atoms with Gasteiger partial charge < -0.3 is 9.84 Å². The number of unbranched alkanes of at least 4 members (excludes halogenated alkanes) is 5. The number of ether oxygens (including phenoxy) is 1. The summed E-state index contributed by atoms with van der Waals surface area (Å²) in [7, 11) is 0. The zero-order chi connectivity index (χ0) is 18.1. The number of rotatable bonds is 10. The number of phenols is 1. The average Bonchev–Trinajstić information content (AvgIpc) is 2.61. The molecule has 2 aromatic carbocycles. The van der Waals surface area contributed by atoms with Crippen LogP contribution in [0.5, 0.6) is 11.5 Å². The number of hydrogen-bond acceptors (Lipinski definition) is 3. The summed E-state index contributed by atoms with van der Waals surface area (Å²) in [5.41, 5.74) is 0.597. The van der Waals surface area contributed by atoms with Crippen LogP contribution in [0.2, 0.25) is 5.02 Å². The predicted molar refractivity (Wildman–Crippen MR) is 102 cm³/mol. The van der Waals surface area contributed by atoms with Crippen molar-refractivity contribution in [2.24, 2.45) is 0 Å². The summed E-state index contributed by atoms with van der Waals surface area (Å²) in [5, 5.41) is 10.5. The Morgan fingerprint density at radius 3 is 2.44 bits per heavy atom. The topological polar surface area (TPSA) is 46.5 Å². The second-order valence-electron chi connectivity index (χ2n) is 6.10. The molecule has 0 aliphatic heterocycles. The standard InChI is InChI=1S/C21H25ClO3/c1-2-3-4-5-6-9-14-25-16-12-13-18(20(23)15-16)21(24)17-10-7-8-11-19(17)22/h7-8,10-13,15,23H,2-6,9,14H2,1H3. The van der Waals surface area contributed by atoms with Gasteiger partial charge >= 0.3 is 0 Å². The zero-order valence-corrected chi connectivity index (χ0v) is 15.4. The molecule has 2 rings (SSSR count). The molecule has 1 N–H and O–H groups in total. The van der Waals surface area contributed by atoms with Gasteiger partial charge in [0.1, 0.15) is 11.5 Å². The van der Waals surface area contributed by atoms with Gasteiger partial charge in [0.25, 0.3) is 0 Å². The zero-order valence-electron chi connectivity index (χ0n) is 14.6. The molecule has 0 atom stereocenters. The average molecular weight is 361 g/mol. The number of benzene rings is 2. The van der Waals surface area contributed by atoms with Crippen LogP contribution in [0, 0.1) is 0 Å². The largest absolute Gasteiger partial charge is 0.507 e. The van der Waals surface area contributed by atoms with E-state index in [0.29, 0.717) is 22.9 Å². The van der Waals surface area contributed by atoms with Crippen molar-refractivity contribution >= 4 is 17.4 Å². The van der Waals surface area contributed by atoms with Gasteiger partial charge in [0, 0.05) is 11.6 Å². The Bertz CT molecular complexity index is 697. The van der Waals surface area contributed by atoms with E-state index in [2.05, 4.69) is 6.92 Å². The number of hydrogen-bond donors (Lipinski definition) is 1. The predicted octanol–water partition coefficient (Wildman–Crippen LogP) is 6.02. The van der Waals surface area contributed by atoms with Crippen LogP contribution in [0.1, 0.15) is 61.4 Å². The number of ketones is 1. The fourth-order valence-corrected chi connectivity index (χ4v) is 2.88. The monoisotopic (exact) mass is 360 g/mol. The number of halogens is 1. The maximum Gasteiger partial charge on any atom is 0.198 e. The fourth-order valence-electron chi connectivity index (χ4n) is 2.66. The first kappa shape index (κ1) is 19.3. The molecule has 0 bridgehead atoms. The van der Waals surface area contributed by atoms with Crippen molar-refractivity contribution in [1.29, 1.82) is 0 Å². The smallest absolute Gasteiger partial charge is 0.198 e. The van der Waals surface area contributed by atoms with Gasteiger partial charge in [0.2, 0.25) is 0 Å². The van der Waals surface area contributed by atoms with Crippen LogP contribution in [0.15, 0.2) is 42.5 Å². The van der Waals surface area contributed by atoms with E-state index < -0.39 is 0 Å². The van der Waals surface area contributed by atoms with E-state index in [4.69, 9.17) is 16.3 Å². The normalized spacial score (nSPS) is 10.6. The minimum Gasteiger partial charge on any atom is -0.507 e. The lowest BCUT2D eigenvalue weighted by Gasteiger charge is -2.09. The molecule has 0 aromatic heterocycles. The van der Waals surface area contributed by atoms with Gasteiger partial charge in [-0.25, -0.2) is 0 Å². The molecule has 0 unspecified atom stereocenters. The lowest BCUT2D eigenvalue weighted by Crippen LogP contribution is -2.03. The molecule has 25 heavy (non-hydrogen) atoms. The third-order valence-corrected chi connectivity index (χ3v) is 4.43. The Morgan fingerprint density at radius 2 is 1.72 bits per heavy atom. The van der Waals surface area contributed by atoms with Crippen LogP contribution >= 0.6 is 11.6 Å². The lowest BCUT2D eigenvalue weighted by atomic mass is 10.0. The maximum absolute atomic E-state index is 12.5. The third-order valence-electron chi connectivity index (χ3n) is 4.10. The van der Waals surface area contributed by atoms with Crippen molar-refractivity contribution in [2.75, 3.05) is 6.61 Å². The summed E-state index contributed by atoms with van der Waals surface area (Å²) < 4.78 is 5.66. The van der Waals surface area contributed by atoms with E-state index in [9.17, 15) is 9.90 Å². The Morgan fingerprint density at radius 1 is 1.00 bits per heavy atom. The van der Waals surface area contributed by atoms with Crippen molar-refractivity contribution in [1.82, 2.24) is 0 Å². The van der Waals surface area contributed by atoms with E-state index >= 15 is 0 Å². The molecule has 0 amide bonds. The molecule has 134 valence electrons. The second kappa shape index (κ2) is 10.1. The summed E-state index contributed by atoms with van der Waals surface area (Å²) in [6.07, 6.45) is 7.17. The molecule has 0 spiro atoms. The molecule has 0 saturated heterocycles. The van der Waals surface area contributed by atoms with Gasteiger partial charge in [-0.05, 0) is 30.7 Å². The number of carbonyl (C=O) groups excluding carboxylic acids is 1. The summed E-state index contributed by atoms with van der Waals surface area (Å²) in [6.45, 7) is 2.82. The van der Waals surface area contributed by atoms with Gasteiger partial charge in [0.05, 0.1) is 17.2 Å². The second-order valence-corrected chi connectivity index (χ2v) is 6.51. The molecule has 3 nitrogen and oxygen atoms in total. The fraction of sp³-hybridized carbons (Fsp3) is 0.381. The Kier molecular flexibility index (Phi) is 7.80. The molecule has 0 aliphatic rings. The molecule has 2 aromatic rings. The van der Waals surface area contributed by atoms with Crippen LogP contribution in [0.3, 0.4) is 0 Å². The first-order chi connectivity index (χ1) is 12.1. The van der Waals surface area contributed by atoms with Crippen molar-refractivity contribution in [2.45, 2.75) is 45.4 Å².